The number of carbonyl (C=O) groups is 1. The zero-order valence-corrected chi connectivity index (χ0v) is 25.6. The normalized spacial score (nSPS) is 18.7. The molecule has 3 aliphatic rings. The van der Waals surface area contributed by atoms with Crippen molar-refractivity contribution in [1.82, 2.24) is 28.6 Å². The quantitative estimate of drug-likeness (QED) is 0.347. The van der Waals surface area contributed by atoms with Gasteiger partial charge in [-0.1, -0.05) is 24.4 Å². The fraction of sp³-hybridized carbons (Fsp3) is 0.516. The van der Waals surface area contributed by atoms with Gasteiger partial charge in [-0.3, -0.25) is 14.7 Å². The van der Waals surface area contributed by atoms with E-state index in [4.69, 9.17) is 4.74 Å². The van der Waals surface area contributed by atoms with Crippen LogP contribution in [0.15, 0.2) is 36.8 Å². The maximum Gasteiger partial charge on any atom is 0.254 e. The second kappa shape index (κ2) is 12.2. The Morgan fingerprint density at radius 1 is 1.10 bits per heavy atom. The van der Waals surface area contributed by atoms with E-state index in [0.717, 1.165) is 69.1 Å². The molecule has 0 radical (unpaired) electrons. The highest BCUT2D eigenvalue weighted by Gasteiger charge is 2.48. The summed E-state index contributed by atoms with van der Waals surface area (Å²) in [5, 5.41) is 3.16. The van der Waals surface area contributed by atoms with Crippen molar-refractivity contribution < 1.29 is 13.9 Å². The van der Waals surface area contributed by atoms with Crippen LogP contribution in [0, 0.1) is 5.82 Å². The van der Waals surface area contributed by atoms with E-state index in [1.54, 1.807) is 12.3 Å². The minimum atomic E-state index is -0.487. The zero-order chi connectivity index (χ0) is 29.3. The molecule has 0 unspecified atom stereocenters. The maximum atomic E-state index is 14.3. The number of pyridine rings is 1. The predicted molar refractivity (Wildman–Crippen MR) is 163 cm³/mol. The monoisotopic (exact) mass is 593 g/mol. The first kappa shape index (κ1) is 28.9. The third-order valence-electron chi connectivity index (χ3n) is 8.94. The molecule has 2 fully saturated rings. The van der Waals surface area contributed by atoms with Gasteiger partial charge in [-0.2, -0.15) is 0 Å². The first-order valence-electron chi connectivity index (χ1n) is 14.9. The lowest BCUT2D eigenvalue weighted by Gasteiger charge is -2.51. The molecule has 6 rings (SSSR count). The predicted octanol–water partition coefficient (Wildman–Crippen LogP) is 4.38. The minimum absolute atomic E-state index is 0.0152. The lowest BCUT2D eigenvalue weighted by Crippen LogP contribution is -2.53. The first-order valence-corrected chi connectivity index (χ1v) is 16.0. The topological polar surface area (TPSA) is 78.8 Å². The van der Waals surface area contributed by atoms with Crippen LogP contribution in [0.2, 0.25) is 0 Å². The average Bonchev–Trinajstić information content (AvgIpc) is 3.43. The second-order valence-electron chi connectivity index (χ2n) is 11.5. The van der Waals surface area contributed by atoms with Crippen molar-refractivity contribution in [3.63, 3.8) is 0 Å². The molecule has 9 nitrogen and oxygen atoms in total. The molecule has 1 aromatic carbocycles. The van der Waals surface area contributed by atoms with Crippen LogP contribution < -0.4 is 10.1 Å². The van der Waals surface area contributed by atoms with Gasteiger partial charge in [0.25, 0.3) is 5.91 Å². The van der Waals surface area contributed by atoms with Crippen LogP contribution in [0.25, 0.3) is 0 Å². The first-order chi connectivity index (χ1) is 20.4. The molecule has 3 aromatic rings. The van der Waals surface area contributed by atoms with E-state index in [-0.39, 0.29) is 17.1 Å². The number of hydrogen-bond donors (Lipinski definition) is 1. The summed E-state index contributed by atoms with van der Waals surface area (Å²) in [6.45, 7) is 8.72. The third-order valence-corrected chi connectivity index (χ3v) is 9.82. The number of aromatic nitrogens is 3. The van der Waals surface area contributed by atoms with Gasteiger partial charge in [0.2, 0.25) is 5.95 Å². The molecular weight excluding hydrogens is 553 g/mol. The van der Waals surface area contributed by atoms with E-state index in [2.05, 4.69) is 47.4 Å². The fourth-order valence-electron chi connectivity index (χ4n) is 6.79. The third kappa shape index (κ3) is 5.61. The molecule has 1 saturated carbocycles. The van der Waals surface area contributed by atoms with Gasteiger partial charge in [0.05, 0.1) is 31.6 Å². The van der Waals surface area contributed by atoms with Crippen LogP contribution in [-0.2, 0) is 25.0 Å². The fourth-order valence-corrected chi connectivity index (χ4v) is 7.32. The number of carbonyl (C=O) groups excluding carboxylic acids is 1. The van der Waals surface area contributed by atoms with Gasteiger partial charge in [0.1, 0.15) is 0 Å². The van der Waals surface area contributed by atoms with E-state index in [9.17, 15) is 9.18 Å². The standard InChI is InChI=1S/C31H40FN7O2S/c1-4-41-27-16-24(35-17-26(27)32)20-38-21-31(6-5-7-31)28-23(19-36-10-12-39(42-3)13-11-36)14-22(15-25(28)29(38)40)18-37-9-8-34-30(37)33-2/h8-9,14-17H,4-7,10-13,18-21H2,1-3H3,(H,33,34). The Morgan fingerprint density at radius 3 is 2.60 bits per heavy atom. The van der Waals surface area contributed by atoms with Crippen LogP contribution in [0.5, 0.6) is 5.75 Å². The van der Waals surface area contributed by atoms with E-state index in [1.165, 1.54) is 17.3 Å². The summed E-state index contributed by atoms with van der Waals surface area (Å²) in [5.74, 6) is 0.497. The summed E-state index contributed by atoms with van der Waals surface area (Å²) < 4.78 is 24.2. The highest BCUT2D eigenvalue weighted by Crippen LogP contribution is 2.50. The van der Waals surface area contributed by atoms with Crippen molar-refractivity contribution in [2.45, 2.75) is 51.2 Å². The van der Waals surface area contributed by atoms with E-state index >= 15 is 0 Å². The van der Waals surface area contributed by atoms with Crippen LogP contribution in [0.4, 0.5) is 10.3 Å². The number of benzene rings is 1. The van der Waals surface area contributed by atoms with Crippen molar-refractivity contribution in [1.29, 1.82) is 0 Å². The van der Waals surface area contributed by atoms with Crippen LogP contribution in [0.1, 0.15) is 58.9 Å². The number of imidazole rings is 1. The average molecular weight is 594 g/mol. The Labute approximate surface area is 251 Å². The molecule has 2 aliphatic heterocycles. The molecule has 1 spiro atoms. The largest absolute Gasteiger partial charge is 0.491 e. The lowest BCUT2D eigenvalue weighted by molar-refractivity contribution is 0.0561. The summed E-state index contributed by atoms with van der Waals surface area (Å²) in [6, 6.07) is 6.06. The van der Waals surface area contributed by atoms with Crippen LogP contribution >= 0.6 is 11.9 Å². The van der Waals surface area contributed by atoms with E-state index in [0.29, 0.717) is 31.9 Å². The van der Waals surface area contributed by atoms with E-state index < -0.39 is 5.82 Å². The molecule has 1 amide bonds. The zero-order valence-electron chi connectivity index (χ0n) is 24.7. The van der Waals surface area contributed by atoms with Crippen LogP contribution in [-0.4, -0.2) is 87.2 Å². The summed E-state index contributed by atoms with van der Waals surface area (Å²) in [4.78, 5) is 27.4. The Bertz CT molecular complexity index is 1430. The molecule has 1 saturated heterocycles. The SMILES string of the molecule is CCOc1cc(CN2CC3(CCC3)c3c(CN4CCN(SC)CC4)cc(Cn4ccnc4NC)cc3C2=O)ncc1F. The number of piperazine rings is 1. The van der Waals surface area contributed by atoms with Crippen molar-refractivity contribution in [3.8, 4) is 5.75 Å². The van der Waals surface area contributed by atoms with Crippen molar-refractivity contribution >= 4 is 23.8 Å². The Morgan fingerprint density at radius 2 is 1.90 bits per heavy atom. The van der Waals surface area contributed by atoms with Crippen molar-refractivity contribution in [2.75, 3.05) is 58.0 Å². The number of hydrogen-bond acceptors (Lipinski definition) is 8. The molecule has 0 atom stereocenters. The molecule has 1 N–H and O–H groups in total. The van der Waals surface area contributed by atoms with E-state index in [1.807, 2.05) is 37.0 Å². The molecule has 224 valence electrons. The van der Waals surface area contributed by atoms with Gasteiger partial charge in [0, 0.05) is 75.8 Å². The number of nitrogens with zero attached hydrogens (tertiary/aromatic N) is 6. The Hall–Kier alpha value is -3.15. The van der Waals surface area contributed by atoms with Crippen molar-refractivity contribution in [3.05, 3.63) is 70.6 Å². The highest BCUT2D eigenvalue weighted by molar-refractivity contribution is 7.96. The molecule has 2 aromatic heterocycles. The number of rotatable bonds is 10. The van der Waals surface area contributed by atoms with Gasteiger partial charge < -0.3 is 19.5 Å². The Balaban J connectivity index is 1.37. The van der Waals surface area contributed by atoms with Crippen LogP contribution in [0.3, 0.4) is 0 Å². The number of fused-ring (bicyclic) bond motifs is 2. The van der Waals surface area contributed by atoms with Gasteiger partial charge in [-0.05, 0) is 48.8 Å². The molecule has 11 heteroatoms. The Kier molecular flexibility index (Phi) is 8.42. The molecule has 1 aliphatic carbocycles. The lowest BCUT2D eigenvalue weighted by atomic mass is 9.60. The molecule has 0 bridgehead atoms. The van der Waals surface area contributed by atoms with Gasteiger partial charge >= 0.3 is 0 Å². The summed E-state index contributed by atoms with van der Waals surface area (Å²) in [6.07, 6.45) is 10.4. The second-order valence-corrected chi connectivity index (χ2v) is 12.4. The number of ether oxygens (including phenoxy) is 1. The van der Waals surface area contributed by atoms with Gasteiger partial charge in [-0.15, -0.1) is 0 Å². The van der Waals surface area contributed by atoms with Crippen molar-refractivity contribution in [2.24, 2.45) is 0 Å². The minimum Gasteiger partial charge on any atom is -0.491 e. The smallest absolute Gasteiger partial charge is 0.254 e. The number of halogens is 1. The molecule has 42 heavy (non-hydrogen) atoms. The number of anilines is 1. The highest BCUT2D eigenvalue weighted by atomic mass is 32.2. The summed E-state index contributed by atoms with van der Waals surface area (Å²) in [5.41, 5.74) is 4.97. The summed E-state index contributed by atoms with van der Waals surface area (Å²) in [7, 11) is 1.87. The van der Waals surface area contributed by atoms with Gasteiger partial charge in [-0.25, -0.2) is 13.7 Å². The van der Waals surface area contributed by atoms with Gasteiger partial charge in [0.15, 0.2) is 11.6 Å². The summed E-state index contributed by atoms with van der Waals surface area (Å²) >= 11 is 1.81. The number of amides is 1. The molecule has 4 heterocycles. The number of nitrogens with one attached hydrogen (secondary N) is 1. The maximum absolute atomic E-state index is 14.3. The molecular formula is C31H40FN7O2S.